The third-order valence-electron chi connectivity index (χ3n) is 1.83. The Morgan fingerprint density at radius 2 is 1.92 bits per heavy atom. The van der Waals surface area contributed by atoms with E-state index in [0.29, 0.717) is 5.56 Å². The van der Waals surface area contributed by atoms with Crippen LogP contribution in [0.1, 0.15) is 19.4 Å². The van der Waals surface area contributed by atoms with Gasteiger partial charge in [-0.05, 0) is 12.3 Å². The van der Waals surface area contributed by atoms with E-state index in [4.69, 9.17) is 0 Å². The van der Waals surface area contributed by atoms with Gasteiger partial charge < -0.3 is 0 Å². The van der Waals surface area contributed by atoms with Crippen LogP contribution < -0.4 is 0 Å². The van der Waals surface area contributed by atoms with Gasteiger partial charge in [-0.25, -0.2) is 0 Å². The first-order valence-corrected chi connectivity index (χ1v) is 4.02. The zero-order chi connectivity index (χ0) is 10.1. The van der Waals surface area contributed by atoms with Gasteiger partial charge >= 0.3 is 0 Å². The minimum absolute atomic E-state index is 0.141. The van der Waals surface area contributed by atoms with Crippen molar-refractivity contribution in [1.82, 2.24) is 0 Å². The summed E-state index contributed by atoms with van der Waals surface area (Å²) in [6, 6.07) is 6.69. The lowest BCUT2D eigenvalue weighted by Crippen LogP contribution is -2.13. The van der Waals surface area contributed by atoms with E-state index in [1.54, 1.807) is 18.2 Å². The van der Waals surface area contributed by atoms with Gasteiger partial charge in [-0.1, -0.05) is 32.0 Å². The first-order valence-electron chi connectivity index (χ1n) is 4.02. The summed E-state index contributed by atoms with van der Waals surface area (Å²) in [5.41, 5.74) is 0.381. The number of nitro groups is 1. The van der Waals surface area contributed by atoms with Crippen LogP contribution in [0.5, 0.6) is 0 Å². The van der Waals surface area contributed by atoms with Gasteiger partial charge in [-0.15, -0.1) is 0 Å². The number of nitro benzene ring substituents is 1. The van der Waals surface area contributed by atoms with E-state index in [1.807, 2.05) is 13.8 Å². The molecule has 1 rings (SSSR count). The van der Waals surface area contributed by atoms with Gasteiger partial charge in [0, 0.05) is 11.6 Å². The van der Waals surface area contributed by atoms with E-state index in [-0.39, 0.29) is 10.6 Å². The number of rotatable bonds is 2. The van der Waals surface area contributed by atoms with Crippen LogP contribution in [0.4, 0.5) is 5.69 Å². The van der Waals surface area contributed by atoms with Crippen molar-refractivity contribution in [3.63, 3.8) is 0 Å². The van der Waals surface area contributed by atoms with Crippen molar-refractivity contribution in [2.75, 3.05) is 0 Å². The molecule has 0 aromatic heterocycles. The molecule has 0 spiro atoms. The van der Waals surface area contributed by atoms with Gasteiger partial charge in [0.05, 0.1) is 4.92 Å². The number of hydrogen-bond donors (Lipinski definition) is 0. The molecule has 0 saturated carbocycles. The maximum absolute atomic E-state index is 10.6. The summed E-state index contributed by atoms with van der Waals surface area (Å²) in [7, 11) is 0. The molecule has 0 saturated heterocycles. The highest BCUT2D eigenvalue weighted by Crippen LogP contribution is 2.29. The number of hydrogen-bond acceptors (Lipinski definition) is 2. The molecule has 0 aliphatic heterocycles. The molecule has 0 N–H and O–H groups in total. The molecular formula is C10H12NO2. The van der Waals surface area contributed by atoms with Crippen molar-refractivity contribution in [2.24, 2.45) is 0 Å². The summed E-state index contributed by atoms with van der Waals surface area (Å²) in [6.45, 7) is 7.59. The molecule has 13 heavy (non-hydrogen) atoms. The summed E-state index contributed by atoms with van der Waals surface area (Å²) in [5, 5.41) is 10.6. The second kappa shape index (κ2) is 3.17. The lowest BCUT2D eigenvalue weighted by Gasteiger charge is -2.17. The van der Waals surface area contributed by atoms with E-state index in [2.05, 4.69) is 6.92 Å². The van der Waals surface area contributed by atoms with Gasteiger partial charge in [0.15, 0.2) is 0 Å². The van der Waals surface area contributed by atoms with E-state index >= 15 is 0 Å². The monoisotopic (exact) mass is 178 g/mol. The second-order valence-electron chi connectivity index (χ2n) is 3.66. The Morgan fingerprint density at radius 1 is 1.38 bits per heavy atom. The van der Waals surface area contributed by atoms with Crippen LogP contribution in [-0.4, -0.2) is 4.92 Å². The van der Waals surface area contributed by atoms with Crippen LogP contribution in [0.3, 0.4) is 0 Å². The smallest absolute Gasteiger partial charge is 0.258 e. The quantitative estimate of drug-likeness (QED) is 0.516. The Kier molecular flexibility index (Phi) is 2.36. The molecule has 3 nitrogen and oxygen atoms in total. The molecule has 0 aliphatic carbocycles. The van der Waals surface area contributed by atoms with Gasteiger partial charge in [0.2, 0.25) is 0 Å². The molecule has 0 heterocycles. The molecule has 1 aromatic rings. The zero-order valence-electron chi connectivity index (χ0n) is 7.78. The van der Waals surface area contributed by atoms with Crippen molar-refractivity contribution < 1.29 is 4.92 Å². The van der Waals surface area contributed by atoms with Gasteiger partial charge in [0.25, 0.3) is 5.69 Å². The molecule has 0 fully saturated rings. The van der Waals surface area contributed by atoms with Gasteiger partial charge in [0.1, 0.15) is 0 Å². The largest absolute Gasteiger partial charge is 0.273 e. The summed E-state index contributed by atoms with van der Waals surface area (Å²) in [5.74, 6) is 0. The molecule has 1 radical (unpaired) electrons. The maximum Gasteiger partial charge on any atom is 0.273 e. The maximum atomic E-state index is 10.6. The Balaban J connectivity index is 3.28. The van der Waals surface area contributed by atoms with E-state index in [9.17, 15) is 10.1 Å². The molecular weight excluding hydrogens is 166 g/mol. The van der Waals surface area contributed by atoms with Crippen LogP contribution in [0.15, 0.2) is 24.3 Å². The minimum Gasteiger partial charge on any atom is -0.258 e. The van der Waals surface area contributed by atoms with Crippen LogP contribution in [-0.2, 0) is 5.41 Å². The summed E-state index contributed by atoms with van der Waals surface area (Å²) in [6.07, 6.45) is 0. The Hall–Kier alpha value is -1.38. The summed E-state index contributed by atoms with van der Waals surface area (Å²) >= 11 is 0. The van der Waals surface area contributed by atoms with Crippen molar-refractivity contribution in [2.45, 2.75) is 19.3 Å². The van der Waals surface area contributed by atoms with Crippen molar-refractivity contribution in [1.29, 1.82) is 0 Å². The SMILES string of the molecule is [CH2]C(C)(C)c1ccccc1[N+](=O)[O-]. The fourth-order valence-electron chi connectivity index (χ4n) is 1.21. The highest BCUT2D eigenvalue weighted by Gasteiger charge is 2.23. The molecule has 1 aromatic carbocycles. The second-order valence-corrected chi connectivity index (χ2v) is 3.66. The first kappa shape index (κ1) is 9.71. The van der Waals surface area contributed by atoms with Crippen LogP contribution in [0.2, 0.25) is 0 Å². The lowest BCUT2D eigenvalue weighted by atomic mass is 9.86. The third-order valence-corrected chi connectivity index (χ3v) is 1.83. The third kappa shape index (κ3) is 2.05. The Labute approximate surface area is 77.5 Å². The van der Waals surface area contributed by atoms with E-state index in [1.165, 1.54) is 6.07 Å². The molecule has 0 aliphatic rings. The Morgan fingerprint density at radius 3 is 2.31 bits per heavy atom. The topological polar surface area (TPSA) is 43.1 Å². The van der Waals surface area contributed by atoms with Gasteiger partial charge in [-0.2, -0.15) is 0 Å². The van der Waals surface area contributed by atoms with E-state index < -0.39 is 5.41 Å². The lowest BCUT2D eigenvalue weighted by molar-refractivity contribution is -0.385. The summed E-state index contributed by atoms with van der Waals surface area (Å²) in [4.78, 5) is 10.3. The average molecular weight is 178 g/mol. The highest BCUT2D eigenvalue weighted by molar-refractivity contribution is 5.44. The Bertz CT molecular complexity index is 326. The predicted molar refractivity (Wildman–Crippen MR) is 51.5 cm³/mol. The van der Waals surface area contributed by atoms with Crippen molar-refractivity contribution in [3.05, 3.63) is 46.9 Å². The number of para-hydroxylation sites is 1. The van der Waals surface area contributed by atoms with Gasteiger partial charge in [-0.3, -0.25) is 10.1 Å². The first-order chi connectivity index (χ1) is 5.93. The predicted octanol–water partition coefficient (Wildman–Crippen LogP) is 2.71. The molecule has 0 bridgehead atoms. The fourth-order valence-corrected chi connectivity index (χ4v) is 1.21. The minimum atomic E-state index is -0.427. The summed E-state index contributed by atoms with van der Waals surface area (Å²) < 4.78 is 0. The molecule has 0 atom stereocenters. The fraction of sp³-hybridized carbons (Fsp3) is 0.300. The number of nitrogens with zero attached hydrogens (tertiary/aromatic N) is 1. The molecule has 3 heteroatoms. The van der Waals surface area contributed by atoms with Crippen LogP contribution >= 0.6 is 0 Å². The molecule has 0 amide bonds. The van der Waals surface area contributed by atoms with E-state index in [0.717, 1.165) is 0 Å². The zero-order valence-corrected chi connectivity index (χ0v) is 7.78. The highest BCUT2D eigenvalue weighted by atomic mass is 16.6. The van der Waals surface area contributed by atoms with Crippen LogP contribution in [0.25, 0.3) is 0 Å². The number of benzene rings is 1. The van der Waals surface area contributed by atoms with Crippen molar-refractivity contribution >= 4 is 5.69 Å². The van der Waals surface area contributed by atoms with Crippen LogP contribution in [0, 0.1) is 17.0 Å². The standard InChI is InChI=1S/C10H12NO2/c1-10(2,3)8-6-4-5-7-9(8)11(12)13/h4-7H,1H2,2-3H3. The van der Waals surface area contributed by atoms with Crippen molar-refractivity contribution in [3.8, 4) is 0 Å². The normalized spacial score (nSPS) is 11.3. The average Bonchev–Trinajstić information content (AvgIpc) is 2.03. The molecule has 0 unspecified atom stereocenters. The molecule has 69 valence electrons.